The summed E-state index contributed by atoms with van der Waals surface area (Å²) in [7, 11) is 0. The average molecular weight is 264 g/mol. The normalized spacial score (nSPS) is 12.6. The lowest BCUT2D eigenvalue weighted by atomic mass is 10.1. The molecule has 1 atom stereocenters. The summed E-state index contributed by atoms with van der Waals surface area (Å²) >= 11 is 0. The fourth-order valence-corrected chi connectivity index (χ4v) is 1.47. The molecule has 0 fully saturated rings. The predicted molar refractivity (Wildman–Crippen MR) is 65.5 cm³/mol. The number of aromatic nitrogens is 5. The number of rotatable bonds is 5. The van der Waals surface area contributed by atoms with Crippen LogP contribution in [0.3, 0.4) is 0 Å². The number of H-pyrrole nitrogens is 1. The molecule has 2 heterocycles. The first-order valence-corrected chi connectivity index (χ1v) is 6.06. The monoisotopic (exact) mass is 264 g/mol. The second kappa shape index (κ2) is 5.59. The van der Waals surface area contributed by atoms with Gasteiger partial charge >= 0.3 is 0 Å². The Morgan fingerprint density at radius 2 is 2.26 bits per heavy atom. The molecule has 0 aromatic carbocycles. The number of hydrogen-bond donors (Lipinski definition) is 2. The Kier molecular flexibility index (Phi) is 3.88. The van der Waals surface area contributed by atoms with Crippen LogP contribution < -0.4 is 5.32 Å². The highest BCUT2D eigenvalue weighted by Gasteiger charge is 2.16. The first kappa shape index (κ1) is 13.2. The van der Waals surface area contributed by atoms with Gasteiger partial charge < -0.3 is 9.84 Å². The molecule has 0 aliphatic rings. The Labute approximate surface area is 109 Å². The lowest BCUT2D eigenvalue weighted by Crippen LogP contribution is -2.28. The van der Waals surface area contributed by atoms with Crippen LogP contribution >= 0.6 is 0 Å². The summed E-state index contributed by atoms with van der Waals surface area (Å²) in [6.07, 6.45) is 0. The number of nitrogens with one attached hydrogen (secondary N) is 2. The number of carbonyl (C=O) groups is 1. The van der Waals surface area contributed by atoms with E-state index >= 15 is 0 Å². The van der Waals surface area contributed by atoms with Gasteiger partial charge in [0, 0.05) is 24.4 Å². The maximum Gasteiger partial charge on any atom is 0.273 e. The third-order valence-corrected chi connectivity index (χ3v) is 2.70. The first-order valence-electron chi connectivity index (χ1n) is 6.06. The summed E-state index contributed by atoms with van der Waals surface area (Å²) < 4.78 is 5.08. The van der Waals surface area contributed by atoms with Crippen LogP contribution in [0.1, 0.15) is 54.7 Å². The summed E-state index contributed by atoms with van der Waals surface area (Å²) in [6, 6.07) is 1.65. The van der Waals surface area contributed by atoms with E-state index in [1.54, 1.807) is 6.07 Å². The highest BCUT2D eigenvalue weighted by Crippen LogP contribution is 2.15. The first-order chi connectivity index (χ1) is 9.08. The van der Waals surface area contributed by atoms with Gasteiger partial charge in [-0.25, -0.2) is 0 Å². The molecule has 0 aliphatic heterocycles. The Morgan fingerprint density at radius 1 is 1.47 bits per heavy atom. The number of nitrogens with zero attached hydrogens (tertiary/aromatic N) is 4. The molecule has 1 unspecified atom stereocenters. The van der Waals surface area contributed by atoms with Crippen molar-refractivity contribution in [1.82, 2.24) is 31.1 Å². The molecule has 2 aromatic heterocycles. The van der Waals surface area contributed by atoms with Gasteiger partial charge in [-0.15, -0.1) is 10.2 Å². The van der Waals surface area contributed by atoms with E-state index < -0.39 is 0 Å². The second-order valence-electron chi connectivity index (χ2n) is 4.65. The molecule has 0 saturated carbocycles. The zero-order valence-corrected chi connectivity index (χ0v) is 11.0. The molecule has 8 heteroatoms. The quantitative estimate of drug-likeness (QED) is 0.828. The van der Waals surface area contributed by atoms with E-state index in [2.05, 4.69) is 31.1 Å². The fraction of sp³-hybridized carbons (Fsp3) is 0.545. The molecule has 0 saturated heterocycles. The van der Waals surface area contributed by atoms with E-state index in [0.29, 0.717) is 18.1 Å². The molecule has 1 amide bonds. The minimum absolute atomic E-state index is 0.0285. The van der Waals surface area contributed by atoms with Crippen molar-refractivity contribution >= 4 is 5.91 Å². The highest BCUT2D eigenvalue weighted by molar-refractivity contribution is 5.92. The van der Waals surface area contributed by atoms with Gasteiger partial charge in [0.15, 0.2) is 11.5 Å². The maximum absolute atomic E-state index is 11.9. The van der Waals surface area contributed by atoms with Crippen molar-refractivity contribution in [3.63, 3.8) is 0 Å². The van der Waals surface area contributed by atoms with Crippen LogP contribution in [0.2, 0.25) is 0 Å². The maximum atomic E-state index is 11.9. The van der Waals surface area contributed by atoms with Gasteiger partial charge in [-0.2, -0.15) is 5.21 Å². The minimum Gasteiger partial charge on any atom is -0.360 e. The van der Waals surface area contributed by atoms with E-state index in [-0.39, 0.29) is 23.4 Å². The van der Waals surface area contributed by atoms with Crippen molar-refractivity contribution < 1.29 is 9.32 Å². The van der Waals surface area contributed by atoms with Gasteiger partial charge in [0.2, 0.25) is 0 Å². The SMILES string of the molecule is CC(C)c1cc(C(=O)NCC(C)c2nn[nH]n2)no1. The molecule has 2 rings (SSSR count). The molecule has 0 bridgehead atoms. The Bertz CT molecular complexity index is 533. The number of hydrogen-bond acceptors (Lipinski definition) is 6. The van der Waals surface area contributed by atoms with Crippen molar-refractivity contribution in [1.29, 1.82) is 0 Å². The van der Waals surface area contributed by atoms with E-state index in [1.807, 2.05) is 20.8 Å². The smallest absolute Gasteiger partial charge is 0.273 e. The number of tetrazole rings is 1. The second-order valence-corrected chi connectivity index (χ2v) is 4.65. The molecular weight excluding hydrogens is 248 g/mol. The summed E-state index contributed by atoms with van der Waals surface area (Å²) in [5.74, 6) is 1.15. The zero-order chi connectivity index (χ0) is 13.8. The lowest BCUT2D eigenvalue weighted by molar-refractivity contribution is 0.0942. The largest absolute Gasteiger partial charge is 0.360 e. The van der Waals surface area contributed by atoms with E-state index in [1.165, 1.54) is 0 Å². The van der Waals surface area contributed by atoms with Crippen molar-refractivity contribution in [3.05, 3.63) is 23.3 Å². The Hall–Kier alpha value is -2.25. The van der Waals surface area contributed by atoms with Gasteiger partial charge in [-0.3, -0.25) is 4.79 Å². The fourth-order valence-electron chi connectivity index (χ4n) is 1.47. The molecule has 102 valence electrons. The van der Waals surface area contributed by atoms with Crippen LogP contribution in [0, 0.1) is 0 Å². The summed E-state index contributed by atoms with van der Waals surface area (Å²) in [5.41, 5.74) is 0.281. The number of carbonyl (C=O) groups excluding carboxylic acids is 1. The highest BCUT2D eigenvalue weighted by atomic mass is 16.5. The molecule has 19 heavy (non-hydrogen) atoms. The summed E-state index contributed by atoms with van der Waals surface area (Å²) in [4.78, 5) is 11.9. The van der Waals surface area contributed by atoms with Gasteiger partial charge in [0.05, 0.1) is 0 Å². The average Bonchev–Trinajstić information content (AvgIpc) is 3.05. The number of amides is 1. The van der Waals surface area contributed by atoms with Crippen LogP contribution in [0.4, 0.5) is 0 Å². The van der Waals surface area contributed by atoms with E-state index in [0.717, 1.165) is 0 Å². The summed E-state index contributed by atoms with van der Waals surface area (Å²) in [6.45, 7) is 6.25. The van der Waals surface area contributed by atoms with Gasteiger partial charge in [-0.05, 0) is 0 Å². The third kappa shape index (κ3) is 3.15. The van der Waals surface area contributed by atoms with Crippen LogP contribution in [0.5, 0.6) is 0 Å². The predicted octanol–water partition coefficient (Wildman–Crippen LogP) is 0.845. The van der Waals surface area contributed by atoms with E-state index in [4.69, 9.17) is 4.52 Å². The zero-order valence-electron chi connectivity index (χ0n) is 11.0. The molecule has 2 aromatic rings. The topological polar surface area (TPSA) is 110 Å². The van der Waals surface area contributed by atoms with Gasteiger partial charge in [-0.1, -0.05) is 31.1 Å². The third-order valence-electron chi connectivity index (χ3n) is 2.70. The van der Waals surface area contributed by atoms with Crippen LogP contribution in [-0.2, 0) is 0 Å². The molecule has 0 radical (unpaired) electrons. The van der Waals surface area contributed by atoms with Gasteiger partial charge in [0.25, 0.3) is 5.91 Å². The molecule has 0 aliphatic carbocycles. The van der Waals surface area contributed by atoms with Crippen molar-refractivity contribution in [2.75, 3.05) is 6.54 Å². The van der Waals surface area contributed by atoms with E-state index in [9.17, 15) is 4.79 Å². The minimum atomic E-state index is -0.272. The van der Waals surface area contributed by atoms with Crippen LogP contribution in [-0.4, -0.2) is 38.2 Å². The Balaban J connectivity index is 1.90. The van der Waals surface area contributed by atoms with Crippen LogP contribution in [0.15, 0.2) is 10.6 Å². The van der Waals surface area contributed by atoms with Crippen LogP contribution in [0.25, 0.3) is 0 Å². The summed E-state index contributed by atoms with van der Waals surface area (Å²) in [5, 5.41) is 20.1. The molecule has 8 nitrogen and oxygen atoms in total. The molecular formula is C11H16N6O2. The van der Waals surface area contributed by atoms with Crippen molar-refractivity contribution in [3.8, 4) is 0 Å². The molecule has 0 spiro atoms. The lowest BCUT2D eigenvalue weighted by Gasteiger charge is -2.06. The van der Waals surface area contributed by atoms with Gasteiger partial charge in [0.1, 0.15) is 5.76 Å². The molecule has 2 N–H and O–H groups in total. The number of aromatic amines is 1. The Morgan fingerprint density at radius 3 is 2.84 bits per heavy atom. The van der Waals surface area contributed by atoms with Crippen molar-refractivity contribution in [2.45, 2.75) is 32.6 Å². The van der Waals surface area contributed by atoms with Crippen molar-refractivity contribution in [2.24, 2.45) is 0 Å². The standard InChI is InChI=1S/C11H16N6O2/c1-6(2)9-4-8(15-19-9)11(18)12-5-7(3)10-13-16-17-14-10/h4,6-7H,5H2,1-3H3,(H,12,18)(H,13,14,16,17).